The molecule has 1 fully saturated rings. The highest BCUT2D eigenvalue weighted by molar-refractivity contribution is 7.14. The van der Waals surface area contributed by atoms with Crippen LogP contribution in [0.4, 0.5) is 17.6 Å². The number of hydrogen-bond donors (Lipinski definition) is 1. The minimum atomic E-state index is -4.49. The first-order valence-electron chi connectivity index (χ1n) is 11.1. The zero-order valence-electron chi connectivity index (χ0n) is 18.9. The van der Waals surface area contributed by atoms with Crippen LogP contribution in [-0.2, 0) is 19.3 Å². The van der Waals surface area contributed by atoms with Gasteiger partial charge in [0, 0.05) is 44.1 Å². The second-order valence-corrected chi connectivity index (χ2v) is 9.87. The molecule has 2 aromatic carbocycles. The number of rotatable bonds is 6. The Hall–Kier alpha value is -2.95. The number of carbonyl (C=O) groups is 2. The Morgan fingerprint density at radius 3 is 2.42 bits per heavy atom. The summed E-state index contributed by atoms with van der Waals surface area (Å²) in [5, 5.41) is 2.64. The summed E-state index contributed by atoms with van der Waals surface area (Å²) in [6.45, 7) is 2.52. The molecule has 0 unspecified atom stereocenters. The van der Waals surface area contributed by atoms with Crippen molar-refractivity contribution in [2.24, 2.45) is 0 Å². The Bertz CT molecular complexity index is 1260. The lowest BCUT2D eigenvalue weighted by Gasteiger charge is -2.34. The van der Waals surface area contributed by atoms with Crippen LogP contribution in [0.15, 0.2) is 54.6 Å². The predicted octanol–water partition coefficient (Wildman–Crippen LogP) is 5.45. The van der Waals surface area contributed by atoms with Crippen molar-refractivity contribution in [3.8, 4) is 0 Å². The van der Waals surface area contributed by atoms with Gasteiger partial charge in [0.1, 0.15) is 5.82 Å². The van der Waals surface area contributed by atoms with E-state index in [1.807, 2.05) is 6.07 Å². The van der Waals surface area contributed by atoms with Crippen LogP contribution in [0.1, 0.15) is 36.0 Å². The van der Waals surface area contributed by atoms with E-state index in [1.165, 1.54) is 41.7 Å². The Morgan fingerprint density at radius 2 is 1.72 bits per heavy atom. The van der Waals surface area contributed by atoms with Crippen molar-refractivity contribution in [1.82, 2.24) is 15.1 Å². The first-order valence-corrected chi connectivity index (χ1v) is 12.3. The summed E-state index contributed by atoms with van der Waals surface area (Å²) in [5.74, 6) is -1.19. The summed E-state index contributed by atoms with van der Waals surface area (Å²) >= 11 is 7.29. The third-order valence-corrected chi connectivity index (χ3v) is 7.23. The van der Waals surface area contributed by atoms with E-state index in [2.05, 4.69) is 10.2 Å². The lowest BCUT2D eigenvalue weighted by Crippen LogP contribution is -2.48. The maximum absolute atomic E-state index is 13.3. The van der Waals surface area contributed by atoms with E-state index in [4.69, 9.17) is 11.6 Å². The highest BCUT2D eigenvalue weighted by Gasteiger charge is 2.33. The average Bonchev–Trinajstić information content (AvgIpc) is 3.31. The number of nitrogens with one attached hydrogen (secondary N) is 1. The molecule has 4 rings (SSSR count). The van der Waals surface area contributed by atoms with Gasteiger partial charge in [-0.15, -0.1) is 11.3 Å². The van der Waals surface area contributed by atoms with Crippen molar-refractivity contribution >= 4 is 34.8 Å². The van der Waals surface area contributed by atoms with Crippen LogP contribution in [0.2, 0.25) is 5.02 Å². The fraction of sp³-hybridized carbons (Fsp3) is 0.280. The van der Waals surface area contributed by atoms with Crippen LogP contribution in [0.25, 0.3) is 0 Å². The molecule has 2 heterocycles. The largest absolute Gasteiger partial charge is 0.416 e. The number of amides is 2. The number of piperazine rings is 1. The smallest absolute Gasteiger partial charge is 0.347 e. The summed E-state index contributed by atoms with van der Waals surface area (Å²) in [7, 11) is 0. The highest BCUT2D eigenvalue weighted by atomic mass is 35.5. The molecule has 2 amide bonds. The van der Waals surface area contributed by atoms with Gasteiger partial charge in [-0.25, -0.2) is 4.39 Å². The number of hydrogen-bond acceptors (Lipinski definition) is 4. The molecule has 5 nitrogen and oxygen atoms in total. The third kappa shape index (κ3) is 6.24. The summed E-state index contributed by atoms with van der Waals surface area (Å²) in [4.78, 5) is 30.4. The average molecular weight is 540 g/mol. The van der Waals surface area contributed by atoms with Crippen molar-refractivity contribution in [3.05, 3.63) is 91.9 Å². The van der Waals surface area contributed by atoms with Gasteiger partial charge in [0.05, 0.1) is 21.0 Å². The topological polar surface area (TPSA) is 52.7 Å². The summed E-state index contributed by atoms with van der Waals surface area (Å²) in [5.41, 5.74) is -0.501. The molecule has 1 saturated heterocycles. The van der Waals surface area contributed by atoms with E-state index in [9.17, 15) is 27.2 Å². The van der Waals surface area contributed by atoms with Crippen molar-refractivity contribution in [2.45, 2.75) is 19.3 Å². The van der Waals surface area contributed by atoms with Crippen LogP contribution in [-0.4, -0.2) is 47.8 Å². The van der Waals surface area contributed by atoms with Gasteiger partial charge in [-0.05, 0) is 42.0 Å². The number of nitrogens with zero attached hydrogens (tertiary/aromatic N) is 2. The molecule has 11 heteroatoms. The van der Waals surface area contributed by atoms with E-state index in [-0.39, 0.29) is 28.6 Å². The van der Waals surface area contributed by atoms with Crippen molar-refractivity contribution in [3.63, 3.8) is 0 Å². The molecule has 0 radical (unpaired) electrons. The van der Waals surface area contributed by atoms with Crippen LogP contribution >= 0.6 is 22.9 Å². The van der Waals surface area contributed by atoms with E-state index in [0.717, 1.165) is 17.0 Å². The Kier molecular flexibility index (Phi) is 7.97. The molecule has 1 aromatic heterocycles. The van der Waals surface area contributed by atoms with Crippen molar-refractivity contribution in [1.29, 1.82) is 0 Å². The standard InChI is InChI=1S/C25H22ClF4N3O2S/c26-21-13-17(27)5-7-19(21)24(35)33-11-9-32(10-12-33)15-18-6-8-22(36-18)23(34)31-14-16-3-1-2-4-20(16)25(28,29)30/h1-8,13H,9-12,14-15H2,(H,31,34). The number of alkyl halides is 3. The lowest BCUT2D eigenvalue weighted by molar-refractivity contribution is -0.138. The molecule has 1 N–H and O–H groups in total. The van der Waals surface area contributed by atoms with E-state index in [1.54, 1.807) is 11.0 Å². The normalized spacial score (nSPS) is 14.6. The minimum absolute atomic E-state index is 0.00414. The van der Waals surface area contributed by atoms with Gasteiger partial charge in [-0.2, -0.15) is 13.2 Å². The molecule has 190 valence electrons. The fourth-order valence-electron chi connectivity index (χ4n) is 3.96. The number of halogens is 5. The first-order chi connectivity index (χ1) is 17.1. The number of carbonyl (C=O) groups excluding carboxylic acids is 2. The summed E-state index contributed by atoms with van der Waals surface area (Å²) in [6.07, 6.45) is -4.49. The molecule has 0 aliphatic carbocycles. The van der Waals surface area contributed by atoms with Gasteiger partial charge in [0.25, 0.3) is 11.8 Å². The van der Waals surface area contributed by atoms with Crippen LogP contribution < -0.4 is 5.32 Å². The molecular formula is C25H22ClF4N3O2S. The second-order valence-electron chi connectivity index (χ2n) is 8.30. The molecule has 3 aromatic rings. The quantitative estimate of drug-likeness (QED) is 0.424. The third-order valence-electron chi connectivity index (χ3n) is 5.85. The van der Waals surface area contributed by atoms with Gasteiger partial charge in [0.15, 0.2) is 0 Å². The molecule has 0 saturated carbocycles. The molecule has 0 atom stereocenters. The Balaban J connectivity index is 1.29. The zero-order valence-corrected chi connectivity index (χ0v) is 20.5. The number of benzene rings is 2. The first kappa shape index (κ1) is 26.1. The molecule has 36 heavy (non-hydrogen) atoms. The van der Waals surface area contributed by atoms with Crippen LogP contribution in [0.5, 0.6) is 0 Å². The van der Waals surface area contributed by atoms with E-state index < -0.39 is 23.5 Å². The molecular weight excluding hydrogens is 518 g/mol. The molecule has 0 bridgehead atoms. The van der Waals surface area contributed by atoms with Gasteiger partial charge in [-0.1, -0.05) is 29.8 Å². The summed E-state index contributed by atoms with van der Waals surface area (Å²) < 4.78 is 52.7. The molecule has 1 aliphatic rings. The summed E-state index contributed by atoms with van der Waals surface area (Å²) in [6, 6.07) is 12.3. The van der Waals surface area contributed by atoms with Gasteiger partial charge in [-0.3, -0.25) is 14.5 Å². The predicted molar refractivity (Wildman–Crippen MR) is 130 cm³/mol. The molecule has 1 aliphatic heterocycles. The SMILES string of the molecule is O=C(NCc1ccccc1C(F)(F)F)c1ccc(CN2CCN(C(=O)c3ccc(F)cc3Cl)CC2)s1. The fourth-order valence-corrected chi connectivity index (χ4v) is 5.18. The van der Waals surface area contributed by atoms with Gasteiger partial charge < -0.3 is 10.2 Å². The molecule has 0 spiro atoms. The lowest BCUT2D eigenvalue weighted by atomic mass is 10.1. The minimum Gasteiger partial charge on any atom is -0.347 e. The van der Waals surface area contributed by atoms with Crippen molar-refractivity contribution < 1.29 is 27.2 Å². The van der Waals surface area contributed by atoms with Gasteiger partial charge >= 0.3 is 6.18 Å². The van der Waals surface area contributed by atoms with E-state index >= 15 is 0 Å². The maximum atomic E-state index is 13.3. The number of thiophene rings is 1. The van der Waals surface area contributed by atoms with Gasteiger partial charge in [0.2, 0.25) is 0 Å². The van der Waals surface area contributed by atoms with E-state index in [0.29, 0.717) is 37.6 Å². The Morgan fingerprint density at radius 1 is 1.00 bits per heavy atom. The maximum Gasteiger partial charge on any atom is 0.416 e. The van der Waals surface area contributed by atoms with Crippen LogP contribution in [0, 0.1) is 5.82 Å². The second kappa shape index (κ2) is 11.0. The Labute approximate surface area is 214 Å². The van der Waals surface area contributed by atoms with Crippen LogP contribution in [0.3, 0.4) is 0 Å². The highest BCUT2D eigenvalue weighted by Crippen LogP contribution is 2.32. The zero-order chi connectivity index (χ0) is 25.9. The van der Waals surface area contributed by atoms with Crippen molar-refractivity contribution in [2.75, 3.05) is 26.2 Å². The monoisotopic (exact) mass is 539 g/mol.